The number of unbranched alkanes of at least 4 members (excludes halogenated alkanes) is 11. The van der Waals surface area contributed by atoms with Crippen molar-refractivity contribution in [1.82, 2.24) is 0 Å². The molecular formula is C23H44N2O. The molecule has 0 fully saturated rings. The van der Waals surface area contributed by atoms with Crippen molar-refractivity contribution < 1.29 is 9.70 Å². The van der Waals surface area contributed by atoms with Gasteiger partial charge >= 0.3 is 0 Å². The average molecular weight is 365 g/mol. The second-order valence-electron chi connectivity index (χ2n) is 7.92. The van der Waals surface area contributed by atoms with Gasteiger partial charge in [-0.05, 0) is 44.6 Å². The van der Waals surface area contributed by atoms with E-state index in [4.69, 9.17) is 0 Å². The predicted octanol–water partition coefficient (Wildman–Crippen LogP) is 5.96. The highest BCUT2D eigenvalue weighted by Crippen LogP contribution is 2.10. The molecule has 0 N–H and O–H groups in total. The molecule has 0 spiro atoms. The van der Waals surface area contributed by atoms with Crippen molar-refractivity contribution in [3.05, 3.63) is 24.8 Å². The summed E-state index contributed by atoms with van der Waals surface area (Å²) < 4.78 is 0.355. The lowest BCUT2D eigenvalue weighted by Crippen LogP contribution is -2.37. The fourth-order valence-corrected chi connectivity index (χ4v) is 3.06. The molecule has 3 nitrogen and oxygen atoms in total. The summed E-state index contributed by atoms with van der Waals surface area (Å²) in [5.74, 6) is 0.0227. The van der Waals surface area contributed by atoms with E-state index in [1.807, 2.05) is 14.1 Å². The minimum absolute atomic E-state index is 0.0227. The summed E-state index contributed by atoms with van der Waals surface area (Å²) >= 11 is 0. The van der Waals surface area contributed by atoms with Crippen LogP contribution in [0.2, 0.25) is 0 Å². The summed E-state index contributed by atoms with van der Waals surface area (Å²) in [5.41, 5.74) is 0. The molecule has 0 radical (unpaired) electrons. The van der Waals surface area contributed by atoms with Gasteiger partial charge in [0.25, 0.3) is 0 Å². The third kappa shape index (κ3) is 17.7. The molecule has 0 bridgehead atoms. The fourth-order valence-electron chi connectivity index (χ4n) is 3.06. The first kappa shape index (κ1) is 24.9. The summed E-state index contributed by atoms with van der Waals surface area (Å²) in [6.07, 6.45) is 23.7. The molecule has 0 aliphatic rings. The van der Waals surface area contributed by atoms with Gasteiger partial charge in [-0.3, -0.25) is 0 Å². The zero-order chi connectivity index (χ0) is 19.5. The van der Waals surface area contributed by atoms with Gasteiger partial charge in [-0.1, -0.05) is 77.0 Å². The molecule has 0 saturated heterocycles. The van der Waals surface area contributed by atoms with Crippen LogP contribution in [0, 0.1) is 0 Å². The summed E-state index contributed by atoms with van der Waals surface area (Å²) in [5, 5.41) is 16.1. The quantitative estimate of drug-likeness (QED) is 0.0738. The largest absolute Gasteiger partial charge is 0.858 e. The van der Waals surface area contributed by atoms with Crippen molar-refractivity contribution in [3.8, 4) is 0 Å². The number of nitrogens with zero attached hydrogens (tertiary/aromatic N) is 2. The smallest absolute Gasteiger partial charge is 0.121 e. The van der Waals surface area contributed by atoms with Crippen molar-refractivity contribution in [2.75, 3.05) is 20.6 Å². The average Bonchev–Trinajstić information content (AvgIpc) is 2.57. The lowest BCUT2D eigenvalue weighted by atomic mass is 10.1. The molecule has 0 aromatic rings. The van der Waals surface area contributed by atoms with Gasteiger partial charge in [0.05, 0.1) is 14.1 Å². The normalized spacial score (nSPS) is 12.8. The topological polar surface area (TPSA) is 35.4 Å². The van der Waals surface area contributed by atoms with Gasteiger partial charge in [0.15, 0.2) is 0 Å². The monoisotopic (exact) mass is 364 g/mol. The summed E-state index contributed by atoms with van der Waals surface area (Å²) in [6.45, 7) is 6.67. The second kappa shape index (κ2) is 17.3. The number of likely N-dealkylation sites (N-methyl/N-ethyl adjacent to an activating group) is 1. The van der Waals surface area contributed by atoms with Crippen LogP contribution >= 0.6 is 0 Å². The summed E-state index contributed by atoms with van der Waals surface area (Å²) in [7, 11) is 3.86. The number of hydrogen-bond donors (Lipinski definition) is 0. The van der Waals surface area contributed by atoms with Crippen LogP contribution in [0.5, 0.6) is 0 Å². The SMILES string of the molecule is C=CC[N+](C)(C)/N=C(\[O-])CCCCCCC/C=C\CCCCCCCC. The third-order valence-electron chi connectivity index (χ3n) is 4.61. The molecule has 0 aliphatic heterocycles. The summed E-state index contributed by atoms with van der Waals surface area (Å²) in [4.78, 5) is 0. The molecule has 26 heavy (non-hydrogen) atoms. The minimum atomic E-state index is 0.0227. The molecule has 0 amide bonds. The molecule has 0 heterocycles. The van der Waals surface area contributed by atoms with Gasteiger partial charge in [-0.15, -0.1) is 5.10 Å². The van der Waals surface area contributed by atoms with Gasteiger partial charge < -0.3 is 5.11 Å². The first-order valence-corrected chi connectivity index (χ1v) is 10.9. The Balaban J connectivity index is 3.44. The van der Waals surface area contributed by atoms with E-state index < -0.39 is 0 Å². The standard InChI is InChI=1S/C23H44N2O/c1-5-7-8-9-10-11-12-13-14-15-16-17-18-19-20-21-23(26)24-25(3,4)22-6-2/h6,13-14H,2,5,7-12,15-22H2,1,3-4H3/b14-13-. The Morgan fingerprint density at radius 3 is 1.88 bits per heavy atom. The van der Waals surface area contributed by atoms with Crippen LogP contribution in [0.1, 0.15) is 96.8 Å². The van der Waals surface area contributed by atoms with Crippen LogP contribution in [0.3, 0.4) is 0 Å². The van der Waals surface area contributed by atoms with Crippen molar-refractivity contribution in [2.24, 2.45) is 5.10 Å². The van der Waals surface area contributed by atoms with E-state index in [0.717, 1.165) is 12.8 Å². The molecule has 0 atom stereocenters. The maximum Gasteiger partial charge on any atom is 0.121 e. The van der Waals surface area contributed by atoms with Crippen molar-refractivity contribution in [1.29, 1.82) is 0 Å². The van der Waals surface area contributed by atoms with Crippen molar-refractivity contribution >= 4 is 5.90 Å². The molecule has 3 heteroatoms. The molecule has 0 rings (SSSR count). The van der Waals surface area contributed by atoms with Crippen LogP contribution in [-0.4, -0.2) is 31.1 Å². The zero-order valence-electron chi connectivity index (χ0n) is 17.8. The zero-order valence-corrected chi connectivity index (χ0v) is 17.8. The second-order valence-corrected chi connectivity index (χ2v) is 7.92. The van der Waals surface area contributed by atoms with Crippen LogP contribution in [0.4, 0.5) is 0 Å². The molecule has 0 aliphatic carbocycles. The molecule has 0 unspecified atom stereocenters. The minimum Gasteiger partial charge on any atom is -0.858 e. The van der Waals surface area contributed by atoms with Gasteiger partial charge in [0.2, 0.25) is 0 Å². The predicted molar refractivity (Wildman–Crippen MR) is 114 cm³/mol. The van der Waals surface area contributed by atoms with Gasteiger partial charge in [0.1, 0.15) is 6.54 Å². The molecular weight excluding hydrogens is 320 g/mol. The Bertz CT molecular complexity index is 386. The van der Waals surface area contributed by atoms with E-state index in [2.05, 4.69) is 30.8 Å². The van der Waals surface area contributed by atoms with Gasteiger partial charge in [-0.25, -0.2) is 4.59 Å². The number of rotatable bonds is 18. The van der Waals surface area contributed by atoms with Crippen LogP contribution in [0.15, 0.2) is 29.9 Å². The number of allylic oxidation sites excluding steroid dienone is 2. The first-order valence-electron chi connectivity index (χ1n) is 10.9. The van der Waals surface area contributed by atoms with E-state index in [-0.39, 0.29) is 5.90 Å². The van der Waals surface area contributed by atoms with E-state index >= 15 is 0 Å². The summed E-state index contributed by atoms with van der Waals surface area (Å²) in [6, 6.07) is 0. The van der Waals surface area contributed by atoms with E-state index in [1.165, 1.54) is 70.6 Å². The molecule has 0 aromatic heterocycles. The van der Waals surface area contributed by atoms with Crippen molar-refractivity contribution in [2.45, 2.75) is 96.8 Å². The van der Waals surface area contributed by atoms with E-state index in [9.17, 15) is 5.11 Å². The highest BCUT2D eigenvalue weighted by molar-refractivity contribution is 5.70. The maximum atomic E-state index is 11.8. The highest BCUT2D eigenvalue weighted by atomic mass is 16.3. The van der Waals surface area contributed by atoms with Crippen molar-refractivity contribution in [3.63, 3.8) is 0 Å². The van der Waals surface area contributed by atoms with Crippen LogP contribution in [0.25, 0.3) is 0 Å². The Morgan fingerprint density at radius 2 is 1.35 bits per heavy atom. The highest BCUT2D eigenvalue weighted by Gasteiger charge is 2.09. The Labute approximate surface area is 163 Å². The fraction of sp³-hybridized carbons (Fsp3) is 0.783. The van der Waals surface area contributed by atoms with E-state index in [1.54, 1.807) is 6.08 Å². The van der Waals surface area contributed by atoms with Crippen LogP contribution < -0.4 is 5.11 Å². The maximum absolute atomic E-state index is 11.8. The van der Waals surface area contributed by atoms with E-state index in [0.29, 0.717) is 17.6 Å². The Hall–Kier alpha value is -1.09. The van der Waals surface area contributed by atoms with Crippen LogP contribution in [-0.2, 0) is 0 Å². The molecule has 0 saturated carbocycles. The third-order valence-corrected chi connectivity index (χ3v) is 4.61. The first-order chi connectivity index (χ1) is 12.5. The Kier molecular flexibility index (Phi) is 16.6. The number of hydrogen-bond acceptors (Lipinski definition) is 2. The number of quaternary nitrogens is 1. The lowest BCUT2D eigenvalue weighted by molar-refractivity contribution is -0.892. The van der Waals surface area contributed by atoms with Gasteiger partial charge in [0, 0.05) is 5.90 Å². The molecule has 152 valence electrons. The van der Waals surface area contributed by atoms with Gasteiger partial charge in [-0.2, -0.15) is 0 Å². The lowest BCUT2D eigenvalue weighted by Gasteiger charge is -2.23. The molecule has 0 aromatic carbocycles. The Morgan fingerprint density at radius 1 is 0.846 bits per heavy atom.